The Bertz CT molecular complexity index is 543. The Morgan fingerprint density at radius 2 is 1.80 bits per heavy atom. The number of benzene rings is 1. The Morgan fingerprint density at radius 3 is 2.45 bits per heavy atom. The molecular weight excluding hydrogens is 252 g/mol. The number of rotatable bonds is 6. The minimum Gasteiger partial charge on any atom is -0.493 e. The topological polar surface area (TPSA) is 57.4 Å². The molecule has 0 radical (unpaired) electrons. The molecule has 1 unspecified atom stereocenters. The summed E-state index contributed by atoms with van der Waals surface area (Å²) in [6, 6.07) is 9.93. The first-order valence-electron chi connectivity index (χ1n) is 6.58. The van der Waals surface area contributed by atoms with E-state index < -0.39 is 0 Å². The average molecular weight is 272 g/mol. The second kappa shape index (κ2) is 6.91. The van der Waals surface area contributed by atoms with Gasteiger partial charge in [0.1, 0.15) is 0 Å². The van der Waals surface area contributed by atoms with Gasteiger partial charge in [0, 0.05) is 18.4 Å². The molecule has 0 fully saturated rings. The fourth-order valence-corrected chi connectivity index (χ4v) is 2.20. The van der Waals surface area contributed by atoms with Crippen LogP contribution in [0.15, 0.2) is 42.7 Å². The Balaban J connectivity index is 2.02. The first kappa shape index (κ1) is 14.3. The molecule has 2 aromatic rings. The Morgan fingerprint density at radius 1 is 1.05 bits per heavy atom. The highest BCUT2D eigenvalue weighted by molar-refractivity contribution is 5.43. The first-order chi connectivity index (χ1) is 9.72. The molecule has 106 valence electrons. The molecule has 4 nitrogen and oxygen atoms in total. The molecule has 0 spiro atoms. The summed E-state index contributed by atoms with van der Waals surface area (Å²) < 4.78 is 10.5. The van der Waals surface area contributed by atoms with Crippen molar-refractivity contribution in [2.75, 3.05) is 14.2 Å². The van der Waals surface area contributed by atoms with Gasteiger partial charge >= 0.3 is 0 Å². The van der Waals surface area contributed by atoms with E-state index in [4.69, 9.17) is 15.2 Å². The zero-order valence-electron chi connectivity index (χ0n) is 11.9. The van der Waals surface area contributed by atoms with Gasteiger partial charge in [-0.05, 0) is 42.2 Å². The van der Waals surface area contributed by atoms with Crippen LogP contribution in [0.25, 0.3) is 0 Å². The lowest BCUT2D eigenvalue weighted by molar-refractivity contribution is 0.354. The van der Waals surface area contributed by atoms with Crippen LogP contribution in [-0.4, -0.2) is 25.2 Å². The van der Waals surface area contributed by atoms with E-state index in [1.165, 1.54) is 0 Å². The zero-order valence-corrected chi connectivity index (χ0v) is 11.9. The number of ether oxygens (including phenoxy) is 2. The Kier molecular flexibility index (Phi) is 4.96. The van der Waals surface area contributed by atoms with E-state index in [1.54, 1.807) is 20.4 Å². The molecule has 1 aromatic heterocycles. The molecule has 20 heavy (non-hydrogen) atoms. The molecule has 4 heteroatoms. The summed E-state index contributed by atoms with van der Waals surface area (Å²) in [7, 11) is 3.27. The fraction of sp³-hybridized carbons (Fsp3) is 0.312. The molecule has 0 aliphatic rings. The number of methoxy groups -OCH3 is 2. The first-order valence-corrected chi connectivity index (χ1v) is 6.58. The summed E-state index contributed by atoms with van der Waals surface area (Å²) in [5, 5.41) is 0. The molecule has 0 amide bonds. The van der Waals surface area contributed by atoms with Crippen LogP contribution in [0.5, 0.6) is 11.5 Å². The maximum Gasteiger partial charge on any atom is 0.160 e. The van der Waals surface area contributed by atoms with Crippen molar-refractivity contribution in [2.24, 2.45) is 5.73 Å². The number of hydrogen-bond acceptors (Lipinski definition) is 4. The van der Waals surface area contributed by atoms with Gasteiger partial charge in [-0.25, -0.2) is 0 Å². The van der Waals surface area contributed by atoms with Crippen LogP contribution in [0, 0.1) is 0 Å². The van der Waals surface area contributed by atoms with Crippen LogP contribution >= 0.6 is 0 Å². The van der Waals surface area contributed by atoms with Crippen molar-refractivity contribution < 1.29 is 9.47 Å². The van der Waals surface area contributed by atoms with E-state index in [-0.39, 0.29) is 6.04 Å². The second-order valence-corrected chi connectivity index (χ2v) is 4.72. The molecule has 2 N–H and O–H groups in total. The highest BCUT2D eigenvalue weighted by atomic mass is 16.5. The summed E-state index contributed by atoms with van der Waals surface area (Å²) in [4.78, 5) is 4.10. The third kappa shape index (κ3) is 3.71. The standard InChI is InChI=1S/C16H20N2O2/c1-19-15-6-5-12(10-16(15)20-2)8-14(17)9-13-4-3-7-18-11-13/h3-7,10-11,14H,8-9,17H2,1-2H3. The fourth-order valence-electron chi connectivity index (χ4n) is 2.20. The van der Waals surface area contributed by atoms with Crippen molar-refractivity contribution >= 4 is 0 Å². The van der Waals surface area contributed by atoms with Crippen molar-refractivity contribution in [3.05, 3.63) is 53.9 Å². The SMILES string of the molecule is COc1ccc(CC(N)Cc2cccnc2)cc1OC. The van der Waals surface area contributed by atoms with E-state index in [1.807, 2.05) is 36.5 Å². The monoisotopic (exact) mass is 272 g/mol. The largest absolute Gasteiger partial charge is 0.493 e. The molecule has 1 atom stereocenters. The molecule has 0 saturated heterocycles. The third-order valence-corrected chi connectivity index (χ3v) is 3.17. The summed E-state index contributed by atoms with van der Waals surface area (Å²) in [5.74, 6) is 1.47. The molecule has 1 heterocycles. The number of pyridine rings is 1. The summed E-state index contributed by atoms with van der Waals surface area (Å²) in [6.45, 7) is 0. The molecule has 2 rings (SSSR count). The third-order valence-electron chi connectivity index (χ3n) is 3.17. The highest BCUT2D eigenvalue weighted by Gasteiger charge is 2.09. The van der Waals surface area contributed by atoms with Gasteiger partial charge in [-0.1, -0.05) is 12.1 Å². The number of hydrogen-bond donors (Lipinski definition) is 1. The van der Waals surface area contributed by atoms with Crippen molar-refractivity contribution in [3.63, 3.8) is 0 Å². The molecule has 0 aliphatic heterocycles. The Labute approximate surface area is 119 Å². The lowest BCUT2D eigenvalue weighted by Crippen LogP contribution is -2.25. The molecule has 0 aliphatic carbocycles. The summed E-state index contributed by atoms with van der Waals surface area (Å²) in [6.07, 6.45) is 5.22. The minimum atomic E-state index is 0.0531. The predicted molar refractivity (Wildman–Crippen MR) is 79.2 cm³/mol. The maximum atomic E-state index is 6.20. The van der Waals surface area contributed by atoms with Crippen molar-refractivity contribution in [1.29, 1.82) is 0 Å². The molecule has 1 aromatic carbocycles. The zero-order chi connectivity index (χ0) is 14.4. The lowest BCUT2D eigenvalue weighted by Gasteiger charge is -2.14. The summed E-state index contributed by atoms with van der Waals surface area (Å²) >= 11 is 0. The van der Waals surface area contributed by atoms with E-state index in [0.717, 1.165) is 35.5 Å². The second-order valence-electron chi connectivity index (χ2n) is 4.72. The van der Waals surface area contributed by atoms with Crippen LogP contribution in [0.1, 0.15) is 11.1 Å². The predicted octanol–water partition coefficient (Wildman–Crippen LogP) is 2.21. The van der Waals surface area contributed by atoms with Crippen molar-refractivity contribution in [3.8, 4) is 11.5 Å². The Hall–Kier alpha value is -2.07. The number of aromatic nitrogens is 1. The van der Waals surface area contributed by atoms with Crippen molar-refractivity contribution in [1.82, 2.24) is 4.98 Å². The van der Waals surface area contributed by atoms with Gasteiger partial charge in [0.25, 0.3) is 0 Å². The molecule has 0 saturated carbocycles. The van der Waals surface area contributed by atoms with E-state index in [2.05, 4.69) is 4.98 Å². The maximum absolute atomic E-state index is 6.20. The van der Waals surface area contributed by atoms with E-state index in [9.17, 15) is 0 Å². The van der Waals surface area contributed by atoms with Gasteiger partial charge in [0.2, 0.25) is 0 Å². The quantitative estimate of drug-likeness (QED) is 0.876. The lowest BCUT2D eigenvalue weighted by atomic mass is 10.0. The summed E-state index contributed by atoms with van der Waals surface area (Å²) in [5.41, 5.74) is 8.49. The van der Waals surface area contributed by atoms with Crippen molar-refractivity contribution in [2.45, 2.75) is 18.9 Å². The normalized spacial score (nSPS) is 11.9. The van der Waals surface area contributed by atoms with Gasteiger partial charge in [-0.3, -0.25) is 4.98 Å². The van der Waals surface area contributed by atoms with E-state index >= 15 is 0 Å². The van der Waals surface area contributed by atoms with Gasteiger partial charge in [0.15, 0.2) is 11.5 Å². The van der Waals surface area contributed by atoms with Gasteiger partial charge in [-0.15, -0.1) is 0 Å². The minimum absolute atomic E-state index is 0.0531. The molecular formula is C16H20N2O2. The number of nitrogens with zero attached hydrogens (tertiary/aromatic N) is 1. The van der Waals surface area contributed by atoms with Crippen LogP contribution < -0.4 is 15.2 Å². The van der Waals surface area contributed by atoms with Crippen LogP contribution in [-0.2, 0) is 12.8 Å². The van der Waals surface area contributed by atoms with E-state index in [0.29, 0.717) is 0 Å². The smallest absolute Gasteiger partial charge is 0.160 e. The van der Waals surface area contributed by atoms with Gasteiger partial charge in [0.05, 0.1) is 14.2 Å². The number of nitrogens with two attached hydrogens (primary N) is 1. The highest BCUT2D eigenvalue weighted by Crippen LogP contribution is 2.28. The average Bonchev–Trinajstić information content (AvgIpc) is 2.48. The van der Waals surface area contributed by atoms with Crippen LogP contribution in [0.2, 0.25) is 0 Å². The van der Waals surface area contributed by atoms with Crippen LogP contribution in [0.4, 0.5) is 0 Å². The molecule has 0 bridgehead atoms. The van der Waals surface area contributed by atoms with Gasteiger partial charge < -0.3 is 15.2 Å². The van der Waals surface area contributed by atoms with Gasteiger partial charge in [-0.2, -0.15) is 0 Å². The van der Waals surface area contributed by atoms with Crippen LogP contribution in [0.3, 0.4) is 0 Å².